The highest BCUT2D eigenvalue weighted by molar-refractivity contribution is 5.04. The largest absolute Gasteiger partial charge is 0.389 e. The average molecular weight is 205 g/mol. The molecule has 2 heterocycles. The Balaban J connectivity index is 2.18. The zero-order valence-electron chi connectivity index (χ0n) is 7.56. The van der Waals surface area contributed by atoms with Gasteiger partial charge < -0.3 is 25.5 Å². The van der Waals surface area contributed by atoms with E-state index in [1.54, 1.807) is 4.90 Å². The first-order valence-electron chi connectivity index (χ1n) is 4.66. The van der Waals surface area contributed by atoms with Gasteiger partial charge in [-0.1, -0.05) is 0 Å². The topological polar surface area (TPSA) is 104 Å². The maximum atomic E-state index is 9.58. The van der Waals surface area contributed by atoms with Crippen LogP contribution in [0, 0.1) is 0 Å². The molecule has 0 aromatic heterocycles. The summed E-state index contributed by atoms with van der Waals surface area (Å²) in [6, 6.07) is -0.677. The smallest absolute Gasteiger partial charge is 0.109 e. The number of aliphatic hydroxyl groups excluding tert-OH is 5. The molecule has 2 fully saturated rings. The molecule has 5 N–H and O–H groups in total. The van der Waals surface area contributed by atoms with Crippen molar-refractivity contribution < 1.29 is 25.5 Å². The first-order chi connectivity index (χ1) is 6.52. The van der Waals surface area contributed by atoms with Crippen LogP contribution in [0.15, 0.2) is 0 Å². The van der Waals surface area contributed by atoms with Crippen LogP contribution in [0.3, 0.4) is 0 Å². The van der Waals surface area contributed by atoms with E-state index >= 15 is 0 Å². The van der Waals surface area contributed by atoms with Crippen LogP contribution in [0.25, 0.3) is 0 Å². The van der Waals surface area contributed by atoms with Crippen molar-refractivity contribution in [1.82, 2.24) is 4.90 Å². The molecule has 6 atom stereocenters. The van der Waals surface area contributed by atoms with Crippen LogP contribution < -0.4 is 0 Å². The number of hydrogen-bond acceptors (Lipinski definition) is 6. The lowest BCUT2D eigenvalue weighted by atomic mass is 9.93. The maximum Gasteiger partial charge on any atom is 0.109 e. The van der Waals surface area contributed by atoms with E-state index < -0.39 is 36.6 Å². The molecular formula is C8H15NO5. The normalized spacial score (nSPS) is 54.6. The van der Waals surface area contributed by atoms with Gasteiger partial charge in [0.15, 0.2) is 0 Å². The molecule has 0 aromatic rings. The van der Waals surface area contributed by atoms with Gasteiger partial charge in [-0.3, -0.25) is 4.90 Å². The molecule has 0 radical (unpaired) electrons. The summed E-state index contributed by atoms with van der Waals surface area (Å²) in [7, 11) is 0. The summed E-state index contributed by atoms with van der Waals surface area (Å²) < 4.78 is 0. The molecule has 0 aromatic carbocycles. The standard InChI is InChI=1S/C8H15NO5/c10-3-1-9-2-4(11)7(13)8(14)5(9)6(3)12/h3-8,10-14H,1-2H2/t3-,4-,5+,6+,7+,8+/m0/s1. The van der Waals surface area contributed by atoms with Crippen LogP contribution in [-0.4, -0.2) is 80.1 Å². The molecule has 6 heteroatoms. The fraction of sp³-hybridized carbons (Fsp3) is 1.00. The van der Waals surface area contributed by atoms with E-state index in [-0.39, 0.29) is 13.1 Å². The molecule has 0 aliphatic carbocycles. The zero-order chi connectivity index (χ0) is 10.5. The number of nitrogens with zero attached hydrogens (tertiary/aromatic N) is 1. The van der Waals surface area contributed by atoms with Gasteiger partial charge >= 0.3 is 0 Å². The van der Waals surface area contributed by atoms with Crippen molar-refractivity contribution in [2.45, 2.75) is 36.6 Å². The monoisotopic (exact) mass is 205 g/mol. The van der Waals surface area contributed by atoms with Crippen molar-refractivity contribution in [1.29, 1.82) is 0 Å². The fourth-order valence-corrected chi connectivity index (χ4v) is 2.31. The van der Waals surface area contributed by atoms with Gasteiger partial charge in [-0.15, -0.1) is 0 Å². The lowest BCUT2D eigenvalue weighted by molar-refractivity contribution is -0.142. The number of hydrogen-bond donors (Lipinski definition) is 5. The van der Waals surface area contributed by atoms with Crippen molar-refractivity contribution in [3.8, 4) is 0 Å². The minimum absolute atomic E-state index is 0.164. The van der Waals surface area contributed by atoms with E-state index in [4.69, 9.17) is 0 Å². The van der Waals surface area contributed by atoms with Crippen LogP contribution >= 0.6 is 0 Å². The Morgan fingerprint density at radius 1 is 0.714 bits per heavy atom. The highest BCUT2D eigenvalue weighted by atomic mass is 16.4. The fourth-order valence-electron chi connectivity index (χ4n) is 2.31. The van der Waals surface area contributed by atoms with Crippen LogP contribution in [0.4, 0.5) is 0 Å². The van der Waals surface area contributed by atoms with Gasteiger partial charge in [0.25, 0.3) is 0 Å². The highest BCUT2D eigenvalue weighted by Crippen LogP contribution is 2.28. The second-order valence-corrected chi connectivity index (χ2v) is 4.05. The summed E-state index contributed by atoms with van der Waals surface area (Å²) in [6.07, 6.45) is -5.49. The van der Waals surface area contributed by atoms with Crippen LogP contribution in [0.2, 0.25) is 0 Å². The van der Waals surface area contributed by atoms with Crippen molar-refractivity contribution >= 4 is 0 Å². The van der Waals surface area contributed by atoms with E-state index in [2.05, 4.69) is 0 Å². The molecule has 14 heavy (non-hydrogen) atoms. The molecular weight excluding hydrogens is 190 g/mol. The second-order valence-electron chi connectivity index (χ2n) is 4.05. The second kappa shape index (κ2) is 3.41. The molecule has 0 spiro atoms. The minimum Gasteiger partial charge on any atom is -0.389 e. The van der Waals surface area contributed by atoms with Gasteiger partial charge in [0.05, 0.1) is 24.4 Å². The van der Waals surface area contributed by atoms with E-state index in [9.17, 15) is 25.5 Å². The molecule has 2 saturated heterocycles. The molecule has 0 amide bonds. The van der Waals surface area contributed by atoms with Gasteiger partial charge in [-0.05, 0) is 0 Å². The van der Waals surface area contributed by atoms with Crippen LogP contribution in [0.5, 0.6) is 0 Å². The quantitative estimate of drug-likeness (QED) is 0.281. The minimum atomic E-state index is -1.25. The molecule has 2 rings (SSSR count). The molecule has 6 nitrogen and oxygen atoms in total. The summed E-state index contributed by atoms with van der Waals surface area (Å²) in [4.78, 5) is 1.59. The third-order valence-electron chi connectivity index (χ3n) is 3.10. The van der Waals surface area contributed by atoms with Crippen molar-refractivity contribution in [3.63, 3.8) is 0 Å². The number of aliphatic hydroxyl groups is 5. The lowest BCUT2D eigenvalue weighted by Gasteiger charge is -2.40. The predicted octanol–water partition coefficient (Wildman–Crippen LogP) is -3.51. The first kappa shape index (κ1) is 10.3. The summed E-state index contributed by atoms with van der Waals surface area (Å²) >= 11 is 0. The summed E-state index contributed by atoms with van der Waals surface area (Å²) in [5.41, 5.74) is 0. The predicted molar refractivity (Wildman–Crippen MR) is 45.4 cm³/mol. The maximum absolute atomic E-state index is 9.58. The van der Waals surface area contributed by atoms with Gasteiger partial charge in [0.1, 0.15) is 12.2 Å². The molecule has 82 valence electrons. The Morgan fingerprint density at radius 2 is 1.21 bits per heavy atom. The van der Waals surface area contributed by atoms with Crippen molar-refractivity contribution in [2.24, 2.45) is 0 Å². The van der Waals surface area contributed by atoms with E-state index in [1.165, 1.54) is 0 Å². The third-order valence-corrected chi connectivity index (χ3v) is 3.10. The lowest BCUT2D eigenvalue weighted by Crippen LogP contribution is -2.61. The van der Waals surface area contributed by atoms with E-state index in [0.717, 1.165) is 0 Å². The molecule has 0 unspecified atom stereocenters. The Hall–Kier alpha value is -0.240. The van der Waals surface area contributed by atoms with Gasteiger partial charge in [0.2, 0.25) is 0 Å². The Kier molecular flexibility index (Phi) is 2.50. The van der Waals surface area contributed by atoms with Gasteiger partial charge in [-0.25, -0.2) is 0 Å². The molecule has 2 aliphatic rings. The Morgan fingerprint density at radius 3 is 1.79 bits per heavy atom. The Bertz CT molecular complexity index is 224. The van der Waals surface area contributed by atoms with Crippen molar-refractivity contribution in [2.75, 3.05) is 13.1 Å². The number of rotatable bonds is 0. The molecule has 0 bridgehead atoms. The van der Waals surface area contributed by atoms with E-state index in [0.29, 0.717) is 0 Å². The first-order valence-corrected chi connectivity index (χ1v) is 4.66. The highest BCUT2D eigenvalue weighted by Gasteiger charge is 2.51. The summed E-state index contributed by atoms with van der Waals surface area (Å²) in [5, 5.41) is 47.2. The zero-order valence-corrected chi connectivity index (χ0v) is 7.56. The van der Waals surface area contributed by atoms with Crippen LogP contribution in [-0.2, 0) is 0 Å². The number of piperidine rings is 1. The molecule has 2 aliphatic heterocycles. The number of fused-ring (bicyclic) bond motifs is 1. The Labute approximate surface area is 81.0 Å². The van der Waals surface area contributed by atoms with Gasteiger partial charge in [-0.2, -0.15) is 0 Å². The molecule has 0 saturated carbocycles. The third kappa shape index (κ3) is 1.35. The van der Waals surface area contributed by atoms with Gasteiger partial charge in [0, 0.05) is 13.1 Å². The average Bonchev–Trinajstić information content (AvgIpc) is 2.39. The summed E-state index contributed by atoms with van der Waals surface area (Å²) in [6.45, 7) is 0.379. The summed E-state index contributed by atoms with van der Waals surface area (Å²) in [5.74, 6) is 0. The van der Waals surface area contributed by atoms with E-state index in [1.807, 2.05) is 0 Å². The van der Waals surface area contributed by atoms with Crippen molar-refractivity contribution in [3.05, 3.63) is 0 Å². The van der Waals surface area contributed by atoms with Crippen LogP contribution in [0.1, 0.15) is 0 Å². The SMILES string of the molecule is O[C@H]1[C@H](O)[C@@H](O)CN2C[C@H](O)[C@@H](O)[C@H]12.